The summed E-state index contributed by atoms with van der Waals surface area (Å²) in [6, 6.07) is 5.39. The largest absolute Gasteiger partial charge is 0.454 e. The van der Waals surface area contributed by atoms with Crippen molar-refractivity contribution in [1.29, 1.82) is 0 Å². The van der Waals surface area contributed by atoms with Crippen LogP contribution in [0.15, 0.2) is 24.3 Å². The van der Waals surface area contributed by atoms with Crippen molar-refractivity contribution in [2.75, 3.05) is 20.7 Å². The van der Waals surface area contributed by atoms with Crippen molar-refractivity contribution >= 4 is 23.7 Å². The summed E-state index contributed by atoms with van der Waals surface area (Å²) in [6.07, 6.45) is 0.564. The minimum Gasteiger partial charge on any atom is -0.454 e. The third kappa shape index (κ3) is 3.55. The molecule has 0 N–H and O–H groups in total. The van der Waals surface area contributed by atoms with Gasteiger partial charge < -0.3 is 9.64 Å². The van der Waals surface area contributed by atoms with Crippen LogP contribution in [0, 0.1) is 5.92 Å². The van der Waals surface area contributed by atoms with Crippen molar-refractivity contribution in [1.82, 2.24) is 9.80 Å². The van der Waals surface area contributed by atoms with Crippen molar-refractivity contribution in [2.45, 2.75) is 26.3 Å². The second-order valence-corrected chi connectivity index (χ2v) is 6.25. The first-order chi connectivity index (χ1) is 11.8. The Labute approximate surface area is 146 Å². The summed E-state index contributed by atoms with van der Waals surface area (Å²) < 4.78 is 5.08. The van der Waals surface area contributed by atoms with Gasteiger partial charge in [-0.05, 0) is 18.1 Å². The summed E-state index contributed by atoms with van der Waals surface area (Å²) >= 11 is 0. The molecular formula is C18H22N2O5. The third-order valence-corrected chi connectivity index (χ3v) is 4.36. The van der Waals surface area contributed by atoms with E-state index in [1.165, 1.54) is 4.90 Å². The van der Waals surface area contributed by atoms with Crippen LogP contribution in [-0.2, 0) is 14.3 Å². The zero-order chi connectivity index (χ0) is 18.7. The van der Waals surface area contributed by atoms with Crippen LogP contribution in [-0.4, -0.2) is 60.2 Å². The number of likely N-dealkylation sites (N-methyl/N-ethyl adjacent to an activating group) is 1. The number of carbonyl (C=O) groups is 4. The van der Waals surface area contributed by atoms with E-state index < -0.39 is 30.4 Å². The summed E-state index contributed by atoms with van der Waals surface area (Å²) in [5.74, 6) is -2.45. The van der Waals surface area contributed by atoms with Gasteiger partial charge in [-0.1, -0.05) is 32.4 Å². The first-order valence-electron chi connectivity index (χ1n) is 8.13. The molecule has 3 amide bonds. The number of esters is 1. The van der Waals surface area contributed by atoms with E-state index in [9.17, 15) is 19.2 Å². The maximum atomic E-state index is 12.6. The summed E-state index contributed by atoms with van der Waals surface area (Å²) in [5.41, 5.74) is 0.552. The molecule has 134 valence electrons. The molecule has 2 rings (SSSR count). The van der Waals surface area contributed by atoms with Crippen LogP contribution in [0.4, 0.5) is 0 Å². The SMILES string of the molecule is CC[C@H](C)[C@@H](C(=O)OCC(=O)N(C)C)N1C(=O)c2ccccc2C1=O. The summed E-state index contributed by atoms with van der Waals surface area (Å²) in [4.78, 5) is 51.7. The van der Waals surface area contributed by atoms with Gasteiger partial charge in [-0.3, -0.25) is 19.3 Å². The molecule has 0 saturated carbocycles. The number of rotatable bonds is 6. The van der Waals surface area contributed by atoms with Crippen LogP contribution >= 0.6 is 0 Å². The first-order valence-corrected chi connectivity index (χ1v) is 8.13. The minimum atomic E-state index is -1.06. The zero-order valence-corrected chi connectivity index (χ0v) is 14.8. The molecule has 7 heteroatoms. The molecule has 1 aromatic carbocycles. The van der Waals surface area contributed by atoms with Gasteiger partial charge in [0.2, 0.25) is 0 Å². The molecule has 0 unspecified atom stereocenters. The molecule has 0 saturated heterocycles. The van der Waals surface area contributed by atoms with Gasteiger partial charge in [0, 0.05) is 14.1 Å². The molecule has 0 aromatic heterocycles. The molecule has 2 atom stereocenters. The third-order valence-electron chi connectivity index (χ3n) is 4.36. The maximum Gasteiger partial charge on any atom is 0.330 e. The summed E-state index contributed by atoms with van der Waals surface area (Å²) in [5, 5.41) is 0. The monoisotopic (exact) mass is 346 g/mol. The quantitative estimate of drug-likeness (QED) is 0.573. The highest BCUT2D eigenvalue weighted by atomic mass is 16.5. The van der Waals surface area contributed by atoms with E-state index in [-0.39, 0.29) is 23.0 Å². The number of fused-ring (bicyclic) bond motifs is 1. The highest BCUT2D eigenvalue weighted by molar-refractivity contribution is 6.22. The topological polar surface area (TPSA) is 84.0 Å². The Hall–Kier alpha value is -2.70. The number of nitrogens with zero attached hydrogens (tertiary/aromatic N) is 2. The maximum absolute atomic E-state index is 12.6. The molecule has 1 heterocycles. The van der Waals surface area contributed by atoms with E-state index in [4.69, 9.17) is 4.74 Å². The minimum absolute atomic E-state index is 0.276. The molecule has 1 aliphatic rings. The van der Waals surface area contributed by atoms with Crippen molar-refractivity contribution in [3.63, 3.8) is 0 Å². The number of imide groups is 1. The van der Waals surface area contributed by atoms with E-state index in [1.54, 1.807) is 45.3 Å². The fourth-order valence-corrected chi connectivity index (χ4v) is 2.62. The number of hydrogen-bond acceptors (Lipinski definition) is 5. The molecule has 0 bridgehead atoms. The number of benzene rings is 1. The molecule has 0 radical (unpaired) electrons. The normalized spacial score (nSPS) is 15.6. The van der Waals surface area contributed by atoms with Gasteiger partial charge in [-0.2, -0.15) is 0 Å². The fourth-order valence-electron chi connectivity index (χ4n) is 2.62. The van der Waals surface area contributed by atoms with E-state index in [0.29, 0.717) is 6.42 Å². The molecule has 25 heavy (non-hydrogen) atoms. The average molecular weight is 346 g/mol. The second kappa shape index (κ2) is 7.46. The lowest BCUT2D eigenvalue weighted by Gasteiger charge is -2.29. The molecule has 7 nitrogen and oxygen atoms in total. The molecular weight excluding hydrogens is 324 g/mol. The van der Waals surface area contributed by atoms with E-state index in [1.807, 2.05) is 6.92 Å². The van der Waals surface area contributed by atoms with Crippen LogP contribution in [0.3, 0.4) is 0 Å². The van der Waals surface area contributed by atoms with Gasteiger partial charge in [-0.25, -0.2) is 4.79 Å². The Morgan fingerprint density at radius 3 is 2.08 bits per heavy atom. The van der Waals surface area contributed by atoms with Crippen molar-refractivity contribution in [3.05, 3.63) is 35.4 Å². The number of hydrogen-bond donors (Lipinski definition) is 0. The Morgan fingerprint density at radius 1 is 1.12 bits per heavy atom. The van der Waals surface area contributed by atoms with Crippen LogP contribution in [0.1, 0.15) is 41.0 Å². The smallest absolute Gasteiger partial charge is 0.330 e. The Balaban J connectivity index is 2.27. The molecule has 1 aromatic rings. The predicted molar refractivity (Wildman–Crippen MR) is 89.8 cm³/mol. The van der Waals surface area contributed by atoms with Gasteiger partial charge in [0.1, 0.15) is 6.04 Å². The van der Waals surface area contributed by atoms with Crippen LogP contribution < -0.4 is 0 Å². The second-order valence-electron chi connectivity index (χ2n) is 6.25. The van der Waals surface area contributed by atoms with Crippen molar-refractivity contribution < 1.29 is 23.9 Å². The molecule has 0 spiro atoms. The van der Waals surface area contributed by atoms with E-state index in [2.05, 4.69) is 0 Å². The molecule has 0 aliphatic carbocycles. The lowest BCUT2D eigenvalue weighted by atomic mass is 9.97. The standard InChI is InChI=1S/C18H22N2O5/c1-5-11(2)15(18(24)25-10-14(21)19(3)4)20-16(22)12-8-6-7-9-13(12)17(20)23/h6-9,11,15H,5,10H2,1-4H3/t11-,15-/m0/s1. The average Bonchev–Trinajstić information content (AvgIpc) is 2.85. The number of amides is 3. The predicted octanol–water partition coefficient (Wildman–Crippen LogP) is 1.33. The van der Waals surface area contributed by atoms with Crippen LogP contribution in [0.2, 0.25) is 0 Å². The van der Waals surface area contributed by atoms with Gasteiger partial charge >= 0.3 is 5.97 Å². The van der Waals surface area contributed by atoms with Crippen molar-refractivity contribution in [3.8, 4) is 0 Å². The van der Waals surface area contributed by atoms with E-state index in [0.717, 1.165) is 4.90 Å². The van der Waals surface area contributed by atoms with Crippen molar-refractivity contribution in [2.24, 2.45) is 5.92 Å². The van der Waals surface area contributed by atoms with Gasteiger partial charge in [0.25, 0.3) is 17.7 Å². The molecule has 0 fully saturated rings. The zero-order valence-electron chi connectivity index (χ0n) is 14.8. The van der Waals surface area contributed by atoms with Crippen LogP contribution in [0.25, 0.3) is 0 Å². The lowest BCUT2D eigenvalue weighted by Crippen LogP contribution is -2.49. The summed E-state index contributed by atoms with van der Waals surface area (Å²) in [6.45, 7) is 3.19. The Morgan fingerprint density at radius 2 is 1.64 bits per heavy atom. The van der Waals surface area contributed by atoms with Gasteiger partial charge in [0.05, 0.1) is 11.1 Å². The Kier molecular flexibility index (Phi) is 5.56. The first kappa shape index (κ1) is 18.6. The number of carbonyl (C=O) groups excluding carboxylic acids is 4. The highest BCUT2D eigenvalue weighted by Crippen LogP contribution is 2.28. The lowest BCUT2D eigenvalue weighted by molar-refractivity contribution is -0.155. The summed E-state index contributed by atoms with van der Waals surface area (Å²) in [7, 11) is 3.10. The van der Waals surface area contributed by atoms with Gasteiger partial charge in [-0.15, -0.1) is 0 Å². The van der Waals surface area contributed by atoms with Crippen LogP contribution in [0.5, 0.6) is 0 Å². The van der Waals surface area contributed by atoms with E-state index >= 15 is 0 Å². The fraction of sp³-hybridized carbons (Fsp3) is 0.444. The highest BCUT2D eigenvalue weighted by Gasteiger charge is 2.45. The molecule has 1 aliphatic heterocycles. The number of ether oxygens (including phenoxy) is 1. The Bertz CT molecular complexity index is 678. The van der Waals surface area contributed by atoms with Gasteiger partial charge in [0.15, 0.2) is 6.61 Å².